The van der Waals surface area contributed by atoms with Crippen molar-refractivity contribution < 1.29 is 23.9 Å². The first-order valence-corrected chi connectivity index (χ1v) is 10.2. The van der Waals surface area contributed by atoms with E-state index in [0.717, 1.165) is 11.3 Å². The van der Waals surface area contributed by atoms with Crippen LogP contribution in [0.1, 0.15) is 60.8 Å². The second-order valence-electron chi connectivity index (χ2n) is 5.99. The number of allylic oxidation sites excluding steroid dienone is 3. The number of ether oxygens (including phenoxy) is 1. The second-order valence-corrected chi connectivity index (χ2v) is 5.99. The lowest BCUT2D eigenvalue weighted by Gasteiger charge is -2.29. The molecule has 1 aliphatic heterocycles. The van der Waals surface area contributed by atoms with Crippen LogP contribution in [0.4, 0.5) is 0 Å². The van der Waals surface area contributed by atoms with Gasteiger partial charge in [-0.2, -0.15) is 0 Å². The van der Waals surface area contributed by atoms with Crippen LogP contribution in [0.3, 0.4) is 0 Å². The molecule has 29 heavy (non-hydrogen) atoms. The van der Waals surface area contributed by atoms with Gasteiger partial charge < -0.3 is 4.74 Å². The fraction of sp³-hybridized carbons (Fsp3) is 0.545. The van der Waals surface area contributed by atoms with Gasteiger partial charge in [-0.15, -0.1) is 0 Å². The molecule has 2 rings (SSSR count). The maximum absolute atomic E-state index is 13.0. The molecule has 0 spiro atoms. The summed E-state index contributed by atoms with van der Waals surface area (Å²) in [6.45, 7) is 11.7. The molecule has 1 N–H and O–H groups in total. The van der Waals surface area contributed by atoms with Crippen molar-refractivity contribution >= 4 is 24.1 Å². The highest BCUT2D eigenvalue weighted by molar-refractivity contribution is 6.08. The molecule has 0 saturated carbocycles. The Morgan fingerprint density at radius 2 is 1.90 bits per heavy atom. The number of rotatable bonds is 5. The molecule has 1 heterocycles. The van der Waals surface area contributed by atoms with Gasteiger partial charge in [0.2, 0.25) is 18.2 Å². The van der Waals surface area contributed by atoms with Gasteiger partial charge in [-0.3, -0.25) is 29.4 Å². The zero-order valence-electron chi connectivity index (χ0n) is 18.6. The largest absolute Gasteiger partial charge is 0.496 e. The average Bonchev–Trinajstić information content (AvgIpc) is 2.91. The lowest BCUT2D eigenvalue weighted by atomic mass is 9.98. The summed E-state index contributed by atoms with van der Waals surface area (Å²) in [6, 6.07) is -0.987. The van der Waals surface area contributed by atoms with E-state index in [1.165, 1.54) is 7.11 Å². The normalized spacial score (nSPS) is 20.7. The molecule has 2 aliphatic rings. The maximum atomic E-state index is 13.0. The van der Waals surface area contributed by atoms with Crippen LogP contribution >= 0.6 is 0 Å². The Morgan fingerprint density at radius 3 is 2.38 bits per heavy atom. The van der Waals surface area contributed by atoms with Crippen molar-refractivity contribution in [3.05, 3.63) is 35.1 Å². The van der Waals surface area contributed by atoms with E-state index < -0.39 is 23.8 Å². The van der Waals surface area contributed by atoms with Crippen LogP contribution in [0.15, 0.2) is 35.1 Å². The number of methoxy groups -OCH3 is 1. The molecule has 0 bridgehead atoms. The summed E-state index contributed by atoms with van der Waals surface area (Å²) in [5.41, 5.74) is 0.921. The summed E-state index contributed by atoms with van der Waals surface area (Å²) in [4.78, 5) is 48.7. The number of nitrogens with zero attached hydrogens (tertiary/aromatic N) is 1. The second kappa shape index (κ2) is 13.5. The number of piperidine rings is 1. The topological polar surface area (TPSA) is 92.8 Å². The first-order chi connectivity index (χ1) is 13.9. The smallest absolute Gasteiger partial charge is 0.261 e. The Hall–Kier alpha value is -2.70. The Labute approximate surface area is 173 Å². The molecule has 2 unspecified atom stereocenters. The van der Waals surface area contributed by atoms with Crippen molar-refractivity contribution in [2.45, 2.75) is 66.8 Å². The Kier molecular flexibility index (Phi) is 12.2. The van der Waals surface area contributed by atoms with Crippen molar-refractivity contribution in [2.24, 2.45) is 5.92 Å². The highest BCUT2D eigenvalue weighted by Gasteiger charge is 2.36. The van der Waals surface area contributed by atoms with Gasteiger partial charge in [-0.25, -0.2) is 0 Å². The predicted molar refractivity (Wildman–Crippen MR) is 112 cm³/mol. The summed E-state index contributed by atoms with van der Waals surface area (Å²) < 4.78 is 5.32. The molecule has 0 aromatic carbocycles. The molecular formula is C22H34N2O5. The van der Waals surface area contributed by atoms with Crippen molar-refractivity contribution in [1.29, 1.82) is 0 Å². The monoisotopic (exact) mass is 406 g/mol. The third-order valence-corrected chi connectivity index (χ3v) is 4.46. The first-order valence-electron chi connectivity index (χ1n) is 10.2. The number of hydrogen-bond donors (Lipinski definition) is 1. The van der Waals surface area contributed by atoms with E-state index in [4.69, 9.17) is 4.74 Å². The minimum atomic E-state index is -0.987. The molecule has 2 atom stereocenters. The quantitative estimate of drug-likeness (QED) is 0.559. The summed E-state index contributed by atoms with van der Waals surface area (Å²) in [5.74, 6) is -1.06. The molecule has 1 aliphatic carbocycles. The van der Waals surface area contributed by atoms with E-state index in [2.05, 4.69) is 5.32 Å². The molecule has 0 radical (unpaired) electrons. The molecule has 1 saturated heterocycles. The van der Waals surface area contributed by atoms with Gasteiger partial charge in [0.05, 0.1) is 7.11 Å². The fourth-order valence-electron chi connectivity index (χ4n) is 2.92. The maximum Gasteiger partial charge on any atom is 0.261 e. The van der Waals surface area contributed by atoms with Crippen LogP contribution in [-0.4, -0.2) is 42.2 Å². The van der Waals surface area contributed by atoms with Gasteiger partial charge in [0, 0.05) is 17.6 Å². The van der Waals surface area contributed by atoms with Gasteiger partial charge in [0.25, 0.3) is 5.91 Å². The molecule has 0 aromatic rings. The van der Waals surface area contributed by atoms with E-state index >= 15 is 0 Å². The standard InChI is InChI=1S/C18H22N2O5.2C2H6/c1-4-12-5-7-15(25-3)11(2)13(9-12)18(24)20(10-21)14-6-8-16(22)19-17(14)23;2*1-2/h5,7,9-10,12,14H,4,6,8H2,1-3H3,(H,19,22,23);2*1-2H3. The highest BCUT2D eigenvalue weighted by atomic mass is 16.5. The summed E-state index contributed by atoms with van der Waals surface area (Å²) in [7, 11) is 1.51. The number of hydrogen-bond acceptors (Lipinski definition) is 5. The highest BCUT2D eigenvalue weighted by Crippen LogP contribution is 2.27. The van der Waals surface area contributed by atoms with E-state index in [-0.39, 0.29) is 18.8 Å². The minimum Gasteiger partial charge on any atom is -0.496 e. The molecular weight excluding hydrogens is 372 g/mol. The van der Waals surface area contributed by atoms with Gasteiger partial charge in [0.1, 0.15) is 11.8 Å². The van der Waals surface area contributed by atoms with Crippen molar-refractivity contribution in [1.82, 2.24) is 10.2 Å². The zero-order valence-corrected chi connectivity index (χ0v) is 18.6. The molecule has 7 nitrogen and oxygen atoms in total. The van der Waals surface area contributed by atoms with Crippen molar-refractivity contribution in [3.8, 4) is 0 Å². The molecule has 162 valence electrons. The van der Waals surface area contributed by atoms with Crippen molar-refractivity contribution in [3.63, 3.8) is 0 Å². The van der Waals surface area contributed by atoms with Gasteiger partial charge in [-0.05, 0) is 31.8 Å². The third-order valence-electron chi connectivity index (χ3n) is 4.46. The Balaban J connectivity index is 0.00000184. The van der Waals surface area contributed by atoms with E-state index in [1.54, 1.807) is 19.1 Å². The number of amides is 4. The van der Waals surface area contributed by atoms with E-state index in [1.807, 2.05) is 40.7 Å². The van der Waals surface area contributed by atoms with Gasteiger partial charge in [0.15, 0.2) is 0 Å². The lowest BCUT2D eigenvalue weighted by molar-refractivity contribution is -0.148. The lowest BCUT2D eigenvalue weighted by Crippen LogP contribution is -2.54. The predicted octanol–water partition coefficient (Wildman–Crippen LogP) is 3.27. The number of carbonyl (C=O) groups excluding carboxylic acids is 4. The minimum absolute atomic E-state index is 0.0109. The van der Waals surface area contributed by atoms with Crippen LogP contribution in [0.25, 0.3) is 0 Å². The van der Waals surface area contributed by atoms with Crippen LogP contribution in [-0.2, 0) is 23.9 Å². The van der Waals surface area contributed by atoms with E-state index in [0.29, 0.717) is 23.3 Å². The SMILES string of the molecule is CC.CC.CCC1C=CC(OC)=C(C)C(C(=O)N(C=O)C2CCC(=O)NC2=O)=C1. The molecule has 4 amide bonds. The van der Waals surface area contributed by atoms with Gasteiger partial charge >= 0.3 is 0 Å². The number of carbonyl (C=O) groups is 4. The van der Waals surface area contributed by atoms with Gasteiger partial charge in [-0.1, -0.05) is 46.8 Å². The first kappa shape index (κ1) is 26.3. The average molecular weight is 407 g/mol. The summed E-state index contributed by atoms with van der Waals surface area (Å²) in [6.07, 6.45) is 6.85. The Morgan fingerprint density at radius 1 is 1.28 bits per heavy atom. The summed E-state index contributed by atoms with van der Waals surface area (Å²) >= 11 is 0. The number of imide groups is 2. The zero-order chi connectivity index (χ0) is 22.6. The fourth-order valence-corrected chi connectivity index (χ4v) is 2.92. The van der Waals surface area contributed by atoms with Crippen LogP contribution in [0, 0.1) is 5.92 Å². The molecule has 7 heteroatoms. The van der Waals surface area contributed by atoms with E-state index in [9.17, 15) is 19.2 Å². The Bertz CT molecular complexity index is 691. The third kappa shape index (κ3) is 6.69. The van der Waals surface area contributed by atoms with Crippen molar-refractivity contribution in [2.75, 3.05) is 7.11 Å². The van der Waals surface area contributed by atoms with Crippen LogP contribution in [0.2, 0.25) is 0 Å². The van der Waals surface area contributed by atoms with Crippen LogP contribution < -0.4 is 5.32 Å². The molecule has 0 aromatic heterocycles. The summed E-state index contributed by atoms with van der Waals surface area (Å²) in [5, 5.41) is 2.17. The van der Waals surface area contributed by atoms with Crippen LogP contribution in [0.5, 0.6) is 0 Å². The number of nitrogens with one attached hydrogen (secondary N) is 1. The molecule has 1 fully saturated rings.